The van der Waals surface area contributed by atoms with Gasteiger partial charge in [-0.1, -0.05) is 10.3 Å². The summed E-state index contributed by atoms with van der Waals surface area (Å²) < 4.78 is 0. The average Bonchev–Trinajstić information content (AvgIpc) is 2.00. The second-order valence-corrected chi connectivity index (χ2v) is 1.89. The number of carbonyl (C=O) groups is 1. The van der Waals surface area contributed by atoms with E-state index in [9.17, 15) is 0 Å². The highest BCUT2D eigenvalue weighted by atomic mass is 16.4. The van der Waals surface area contributed by atoms with Crippen molar-refractivity contribution in [2.45, 2.75) is 20.8 Å². The van der Waals surface area contributed by atoms with Gasteiger partial charge in [-0.25, -0.2) is 0 Å². The van der Waals surface area contributed by atoms with Crippen molar-refractivity contribution in [3.63, 3.8) is 0 Å². The highest BCUT2D eigenvalue weighted by molar-refractivity contribution is 6.40. The van der Waals surface area contributed by atoms with Crippen LogP contribution < -0.4 is 0 Å². The minimum Gasteiger partial charge on any atom is -0.481 e. The molecule has 0 aliphatic heterocycles. The highest BCUT2D eigenvalue weighted by Crippen LogP contribution is 1.79. The molecule has 6 nitrogen and oxygen atoms in total. The molecule has 0 saturated carbocycles. The van der Waals surface area contributed by atoms with Gasteiger partial charge < -0.3 is 15.5 Å². The number of hydrogen-bond acceptors (Lipinski definition) is 5. The third-order valence-electron chi connectivity index (χ3n) is 0.824. The standard InChI is InChI=1S/C4H8N2O2.C2H4O2/c1-3(5-7)4(2)6-8;1-2(3)4/h7-8H,1-2H3;1H3,(H,3,4). The van der Waals surface area contributed by atoms with Crippen LogP contribution in [0.25, 0.3) is 0 Å². The average molecular weight is 176 g/mol. The Labute approximate surface area is 69.8 Å². The van der Waals surface area contributed by atoms with Gasteiger partial charge in [0.2, 0.25) is 0 Å². The molecule has 0 unspecified atom stereocenters. The van der Waals surface area contributed by atoms with Crippen LogP contribution in [0.4, 0.5) is 0 Å². The Morgan fingerprint density at radius 3 is 1.25 bits per heavy atom. The van der Waals surface area contributed by atoms with Gasteiger partial charge in [0.1, 0.15) is 11.4 Å². The molecule has 0 aromatic carbocycles. The van der Waals surface area contributed by atoms with Crippen LogP contribution in [0.5, 0.6) is 0 Å². The maximum atomic E-state index is 9.00. The molecule has 0 fully saturated rings. The van der Waals surface area contributed by atoms with E-state index in [4.69, 9.17) is 20.3 Å². The van der Waals surface area contributed by atoms with Gasteiger partial charge in [0.25, 0.3) is 5.97 Å². The summed E-state index contributed by atoms with van der Waals surface area (Å²) in [5.41, 5.74) is 0.625. The molecule has 0 amide bonds. The smallest absolute Gasteiger partial charge is 0.300 e. The maximum absolute atomic E-state index is 9.00. The van der Waals surface area contributed by atoms with Crippen molar-refractivity contribution in [3.8, 4) is 0 Å². The minimum atomic E-state index is -0.833. The fourth-order valence-corrected chi connectivity index (χ4v) is 0.145. The third kappa shape index (κ3) is 11.2. The van der Waals surface area contributed by atoms with Gasteiger partial charge in [0.05, 0.1) is 0 Å². The van der Waals surface area contributed by atoms with Gasteiger partial charge in [-0.2, -0.15) is 0 Å². The van der Waals surface area contributed by atoms with Crippen LogP contribution in [0.15, 0.2) is 10.3 Å². The van der Waals surface area contributed by atoms with Gasteiger partial charge >= 0.3 is 0 Å². The Morgan fingerprint density at radius 2 is 1.17 bits per heavy atom. The van der Waals surface area contributed by atoms with E-state index in [0.717, 1.165) is 6.92 Å². The predicted octanol–water partition coefficient (Wildman–Crippen LogP) is 0.778. The van der Waals surface area contributed by atoms with E-state index < -0.39 is 5.97 Å². The molecule has 3 N–H and O–H groups in total. The normalized spacial score (nSPS) is 11.6. The molecular formula is C6H12N2O4. The molecule has 0 aromatic heterocycles. The van der Waals surface area contributed by atoms with Crippen LogP contribution in [0.1, 0.15) is 20.8 Å². The van der Waals surface area contributed by atoms with Crippen LogP contribution in [0.2, 0.25) is 0 Å². The second-order valence-electron chi connectivity index (χ2n) is 1.89. The van der Waals surface area contributed by atoms with Crippen molar-refractivity contribution in [2.75, 3.05) is 0 Å². The SMILES string of the molecule is CC(=NO)C(C)=NO.CC(=O)O. The van der Waals surface area contributed by atoms with Crippen molar-refractivity contribution >= 4 is 17.4 Å². The summed E-state index contributed by atoms with van der Waals surface area (Å²) in [5, 5.41) is 29.1. The van der Waals surface area contributed by atoms with Crippen LogP contribution in [0.3, 0.4) is 0 Å². The summed E-state index contributed by atoms with van der Waals surface area (Å²) in [6, 6.07) is 0. The fourth-order valence-electron chi connectivity index (χ4n) is 0.145. The molecule has 0 radical (unpaired) electrons. The molecule has 0 heterocycles. The number of carboxylic acid groups (broad SMARTS) is 1. The lowest BCUT2D eigenvalue weighted by atomic mass is 10.3. The molecule has 0 atom stereocenters. The van der Waals surface area contributed by atoms with Gasteiger partial charge in [-0.15, -0.1) is 0 Å². The van der Waals surface area contributed by atoms with Crippen molar-refractivity contribution in [2.24, 2.45) is 10.3 Å². The van der Waals surface area contributed by atoms with E-state index in [1.54, 1.807) is 0 Å². The summed E-state index contributed by atoms with van der Waals surface area (Å²) >= 11 is 0. The molecule has 0 bridgehead atoms. The molecule has 0 aromatic rings. The molecular weight excluding hydrogens is 164 g/mol. The summed E-state index contributed by atoms with van der Waals surface area (Å²) in [7, 11) is 0. The molecule has 70 valence electrons. The number of nitrogens with zero attached hydrogens (tertiary/aromatic N) is 2. The van der Waals surface area contributed by atoms with E-state index in [1.165, 1.54) is 13.8 Å². The van der Waals surface area contributed by atoms with Gasteiger partial charge in [0.15, 0.2) is 0 Å². The van der Waals surface area contributed by atoms with Gasteiger partial charge in [-0.3, -0.25) is 4.79 Å². The molecule has 0 saturated heterocycles. The van der Waals surface area contributed by atoms with E-state index in [-0.39, 0.29) is 0 Å². The molecule has 6 heteroatoms. The molecule has 0 aliphatic carbocycles. The summed E-state index contributed by atoms with van der Waals surface area (Å²) in [6.45, 7) is 4.16. The second kappa shape index (κ2) is 7.52. The quantitative estimate of drug-likeness (QED) is 0.312. The van der Waals surface area contributed by atoms with Crippen molar-refractivity contribution < 1.29 is 20.3 Å². The molecule has 0 spiro atoms. The largest absolute Gasteiger partial charge is 0.481 e. The number of carboxylic acids is 1. The van der Waals surface area contributed by atoms with Crippen molar-refractivity contribution in [1.29, 1.82) is 0 Å². The van der Waals surface area contributed by atoms with E-state index in [2.05, 4.69) is 10.3 Å². The number of hydrogen-bond donors (Lipinski definition) is 3. The first-order chi connectivity index (χ1) is 5.45. The zero-order chi connectivity index (χ0) is 10.1. The molecule has 12 heavy (non-hydrogen) atoms. The van der Waals surface area contributed by atoms with E-state index in [0.29, 0.717) is 11.4 Å². The van der Waals surface area contributed by atoms with Crippen LogP contribution in [-0.4, -0.2) is 32.9 Å². The lowest BCUT2D eigenvalue weighted by molar-refractivity contribution is -0.134. The lowest BCUT2D eigenvalue weighted by Crippen LogP contribution is -2.04. The van der Waals surface area contributed by atoms with E-state index >= 15 is 0 Å². The number of rotatable bonds is 1. The van der Waals surface area contributed by atoms with Gasteiger partial charge in [-0.05, 0) is 13.8 Å². The number of aliphatic carboxylic acids is 1. The Balaban J connectivity index is 0. The summed E-state index contributed by atoms with van der Waals surface area (Å²) in [5.74, 6) is -0.833. The third-order valence-corrected chi connectivity index (χ3v) is 0.824. The number of oxime groups is 2. The molecule has 0 rings (SSSR count). The molecule has 0 aliphatic rings. The van der Waals surface area contributed by atoms with E-state index in [1.807, 2.05) is 0 Å². The first-order valence-corrected chi connectivity index (χ1v) is 3.02. The Bertz CT molecular complexity index is 178. The topological polar surface area (TPSA) is 102 Å². The Morgan fingerprint density at radius 1 is 1.00 bits per heavy atom. The Hall–Kier alpha value is -1.59. The van der Waals surface area contributed by atoms with Gasteiger partial charge in [0, 0.05) is 6.92 Å². The maximum Gasteiger partial charge on any atom is 0.300 e. The highest BCUT2D eigenvalue weighted by Gasteiger charge is 1.93. The predicted molar refractivity (Wildman–Crippen MR) is 43.1 cm³/mol. The zero-order valence-electron chi connectivity index (χ0n) is 7.14. The van der Waals surface area contributed by atoms with Crippen molar-refractivity contribution in [1.82, 2.24) is 0 Å². The van der Waals surface area contributed by atoms with Crippen molar-refractivity contribution in [3.05, 3.63) is 0 Å². The zero-order valence-corrected chi connectivity index (χ0v) is 7.14. The first-order valence-electron chi connectivity index (χ1n) is 3.02. The monoisotopic (exact) mass is 176 g/mol. The summed E-state index contributed by atoms with van der Waals surface area (Å²) in [6.07, 6.45) is 0. The van der Waals surface area contributed by atoms with Crippen LogP contribution in [0, 0.1) is 0 Å². The van der Waals surface area contributed by atoms with Crippen LogP contribution >= 0.6 is 0 Å². The van der Waals surface area contributed by atoms with Crippen LogP contribution in [-0.2, 0) is 4.79 Å². The first kappa shape index (κ1) is 13.0. The summed E-state index contributed by atoms with van der Waals surface area (Å²) in [4.78, 5) is 9.00. The Kier molecular flexibility index (Phi) is 8.16. The lowest BCUT2D eigenvalue weighted by Gasteiger charge is -1.88. The minimum absolute atomic E-state index is 0.313. The fraction of sp³-hybridized carbons (Fsp3) is 0.500.